The van der Waals surface area contributed by atoms with Crippen LogP contribution in [0.3, 0.4) is 0 Å². The van der Waals surface area contributed by atoms with Crippen LogP contribution in [0.2, 0.25) is 0 Å². The topological polar surface area (TPSA) is 136 Å². The van der Waals surface area contributed by atoms with Crippen molar-refractivity contribution < 1.29 is 28.1 Å². The second-order valence-corrected chi connectivity index (χ2v) is 9.25. The van der Waals surface area contributed by atoms with Crippen molar-refractivity contribution in [2.75, 3.05) is 4.90 Å². The first-order valence-corrected chi connectivity index (χ1v) is 12.4. The third kappa shape index (κ3) is 8.22. The Bertz CT molecular complexity index is 1200. The third-order valence-electron chi connectivity index (χ3n) is 5.92. The summed E-state index contributed by atoms with van der Waals surface area (Å²) in [5.41, 5.74) is 6.17. The highest BCUT2D eigenvalue weighted by Gasteiger charge is 2.29. The van der Waals surface area contributed by atoms with Crippen molar-refractivity contribution in [1.82, 2.24) is 10.5 Å². The molecule has 0 aliphatic carbocycles. The lowest BCUT2D eigenvalue weighted by atomic mass is 9.96. The number of ketones is 1. The largest absolute Gasteiger partial charge is 0.370 e. The lowest BCUT2D eigenvalue weighted by Crippen LogP contribution is -2.45. The molecule has 0 spiro atoms. The summed E-state index contributed by atoms with van der Waals surface area (Å²) in [6.07, 6.45) is 4.76. The number of carbonyl (C=O) groups excluding carboxylic acids is 4. The van der Waals surface area contributed by atoms with Gasteiger partial charge in [-0.1, -0.05) is 49.9 Å². The van der Waals surface area contributed by atoms with E-state index in [2.05, 4.69) is 17.1 Å². The van der Waals surface area contributed by atoms with Gasteiger partial charge in [0.25, 0.3) is 5.91 Å². The van der Waals surface area contributed by atoms with Crippen molar-refractivity contribution in [3.63, 3.8) is 0 Å². The van der Waals surface area contributed by atoms with Crippen LogP contribution >= 0.6 is 0 Å². The van der Waals surface area contributed by atoms with Gasteiger partial charge in [0.05, 0.1) is 17.8 Å². The van der Waals surface area contributed by atoms with Crippen molar-refractivity contribution in [3.8, 4) is 0 Å². The Labute approximate surface area is 221 Å². The number of allylic oxidation sites excluding steroid dienone is 1. The number of Topliss-reactive ketones (excluding diaryl/α,β-unsaturated/α-hetero) is 1. The normalized spacial score (nSPS) is 12.8. The van der Waals surface area contributed by atoms with Gasteiger partial charge in [-0.2, -0.15) is 0 Å². The molecule has 3 amide bonds. The maximum absolute atomic E-state index is 14.3. The number of aromatic nitrogens is 1. The molecule has 0 saturated heterocycles. The van der Waals surface area contributed by atoms with Gasteiger partial charge in [0.2, 0.25) is 11.8 Å². The molecule has 0 saturated carbocycles. The molecule has 0 fully saturated rings. The van der Waals surface area contributed by atoms with E-state index in [1.54, 1.807) is 39.8 Å². The molecule has 0 unspecified atom stereocenters. The molecule has 1 heterocycles. The average molecular weight is 527 g/mol. The lowest BCUT2D eigenvalue weighted by Gasteiger charge is -2.32. The summed E-state index contributed by atoms with van der Waals surface area (Å²) in [6.45, 7) is 10.7. The van der Waals surface area contributed by atoms with E-state index in [4.69, 9.17) is 10.3 Å². The van der Waals surface area contributed by atoms with Crippen molar-refractivity contribution in [3.05, 3.63) is 65.8 Å². The molecule has 0 radical (unpaired) electrons. The fraction of sp³-hybridized carbons (Fsp3) is 0.393. The molecular weight excluding hydrogens is 491 g/mol. The van der Waals surface area contributed by atoms with Crippen molar-refractivity contribution >= 4 is 35.3 Å². The van der Waals surface area contributed by atoms with Gasteiger partial charge in [-0.05, 0) is 43.9 Å². The molecule has 0 aliphatic heterocycles. The fourth-order valence-corrected chi connectivity index (χ4v) is 4.03. The summed E-state index contributed by atoms with van der Waals surface area (Å²) in [4.78, 5) is 52.1. The first kappa shape index (κ1) is 30.1. The van der Waals surface area contributed by atoms with Crippen LogP contribution in [0, 0.1) is 18.7 Å². The fourth-order valence-electron chi connectivity index (χ4n) is 4.03. The Morgan fingerprint density at radius 2 is 1.89 bits per heavy atom. The van der Waals surface area contributed by atoms with Gasteiger partial charge >= 0.3 is 0 Å². The second kappa shape index (κ2) is 14.0. The number of nitrogens with zero attached hydrogens (tertiary/aromatic N) is 2. The maximum atomic E-state index is 14.3. The van der Waals surface area contributed by atoms with Crippen LogP contribution in [0.5, 0.6) is 0 Å². The number of rotatable bonds is 14. The van der Waals surface area contributed by atoms with E-state index in [1.807, 2.05) is 0 Å². The number of primary amides is 1. The zero-order chi connectivity index (χ0) is 28.4. The number of aryl methyl sites for hydroxylation is 1. The minimum Gasteiger partial charge on any atom is -0.370 e. The van der Waals surface area contributed by atoms with Crippen LogP contribution in [0.4, 0.5) is 10.1 Å². The molecular formula is C28H35FN4O5. The molecule has 0 bridgehead atoms. The Hall–Kier alpha value is -4.08. The number of halogens is 1. The Morgan fingerprint density at radius 3 is 2.45 bits per heavy atom. The van der Waals surface area contributed by atoms with Gasteiger partial charge in [0, 0.05) is 25.3 Å². The summed E-state index contributed by atoms with van der Waals surface area (Å²) >= 11 is 0. The Kier molecular flexibility index (Phi) is 11.1. The molecule has 3 N–H and O–H groups in total. The van der Waals surface area contributed by atoms with Gasteiger partial charge in [-0.3, -0.25) is 19.2 Å². The summed E-state index contributed by atoms with van der Waals surface area (Å²) in [5, 5.41) is 6.34. The van der Waals surface area contributed by atoms with E-state index in [0.29, 0.717) is 11.3 Å². The van der Waals surface area contributed by atoms with Crippen LogP contribution in [-0.2, 0) is 14.4 Å². The van der Waals surface area contributed by atoms with E-state index >= 15 is 0 Å². The number of nitrogens with two attached hydrogens (primary N) is 1. The smallest absolute Gasteiger partial charge is 0.274 e. The van der Waals surface area contributed by atoms with Gasteiger partial charge in [-0.25, -0.2) is 4.39 Å². The maximum Gasteiger partial charge on any atom is 0.274 e. The van der Waals surface area contributed by atoms with Crippen LogP contribution in [-0.4, -0.2) is 40.7 Å². The van der Waals surface area contributed by atoms with Gasteiger partial charge < -0.3 is 20.5 Å². The van der Waals surface area contributed by atoms with Crippen molar-refractivity contribution in [1.29, 1.82) is 0 Å². The number of hydrogen-bond acceptors (Lipinski definition) is 6. The summed E-state index contributed by atoms with van der Waals surface area (Å²) in [5.74, 6) is -2.26. The van der Waals surface area contributed by atoms with Gasteiger partial charge in [0.1, 0.15) is 11.6 Å². The number of nitrogens with one attached hydrogen (secondary N) is 1. The van der Waals surface area contributed by atoms with Crippen LogP contribution in [0.1, 0.15) is 68.3 Å². The van der Waals surface area contributed by atoms with Crippen LogP contribution in [0.15, 0.2) is 47.5 Å². The monoisotopic (exact) mass is 526 g/mol. The average Bonchev–Trinajstić information content (AvgIpc) is 3.30. The Balaban J connectivity index is 2.30. The Morgan fingerprint density at radius 1 is 1.18 bits per heavy atom. The van der Waals surface area contributed by atoms with E-state index in [1.165, 1.54) is 35.2 Å². The minimum atomic E-state index is -0.861. The molecule has 0 aliphatic rings. The zero-order valence-corrected chi connectivity index (χ0v) is 22.2. The third-order valence-corrected chi connectivity index (χ3v) is 5.92. The highest BCUT2D eigenvalue weighted by atomic mass is 19.1. The standard InChI is InChI=1S/C28H35FN4O5/c1-6-8-21(11-13-25(30)35)33(23-16-20(29)10-9-19(23)7-2)26(36)14-12-24(34)27(17(3)4)31-28(37)22-15-18(5)38-32-22/h6-10,15-17,21,27H,2,11-14H2,1,3-5H3,(H2,30,35)(H,31,37)/b8-6+/t21-,27+/m1/s1. The van der Waals surface area contributed by atoms with Gasteiger partial charge in [0.15, 0.2) is 11.5 Å². The molecule has 2 atom stereocenters. The summed E-state index contributed by atoms with van der Waals surface area (Å²) < 4.78 is 19.2. The van der Waals surface area contributed by atoms with Crippen molar-refractivity contribution in [2.45, 2.75) is 65.5 Å². The molecule has 1 aromatic carbocycles. The quantitative estimate of drug-likeness (QED) is 0.356. The second-order valence-electron chi connectivity index (χ2n) is 9.25. The molecule has 2 aromatic rings. The number of hydrogen-bond donors (Lipinski definition) is 2. The SMILES string of the molecule is C=Cc1ccc(F)cc1N(C(=O)CCC(=O)[C@@H](NC(=O)c1cc(C)on1)C(C)C)[C@H](/C=C/C)CCC(N)=O. The predicted molar refractivity (Wildman–Crippen MR) is 143 cm³/mol. The van der Waals surface area contributed by atoms with Gasteiger partial charge in [-0.15, -0.1) is 0 Å². The zero-order valence-electron chi connectivity index (χ0n) is 22.2. The number of benzene rings is 1. The highest BCUT2D eigenvalue weighted by molar-refractivity contribution is 6.00. The van der Waals surface area contributed by atoms with E-state index < -0.39 is 35.6 Å². The molecule has 10 heteroatoms. The first-order valence-electron chi connectivity index (χ1n) is 12.4. The summed E-state index contributed by atoms with van der Waals surface area (Å²) in [6, 6.07) is 3.95. The molecule has 204 valence electrons. The minimum absolute atomic E-state index is 0.000563. The first-order chi connectivity index (χ1) is 18.0. The predicted octanol–water partition coefficient (Wildman–Crippen LogP) is 4.11. The van der Waals surface area contributed by atoms with Crippen molar-refractivity contribution in [2.24, 2.45) is 11.7 Å². The number of anilines is 1. The molecule has 2 rings (SSSR count). The molecule has 38 heavy (non-hydrogen) atoms. The lowest BCUT2D eigenvalue weighted by molar-refractivity contribution is -0.125. The van der Waals surface area contributed by atoms with Crippen LogP contribution in [0.25, 0.3) is 6.08 Å². The summed E-state index contributed by atoms with van der Waals surface area (Å²) in [7, 11) is 0. The number of amides is 3. The van der Waals surface area contributed by atoms with E-state index in [0.717, 1.165) is 0 Å². The molecule has 9 nitrogen and oxygen atoms in total. The number of carbonyl (C=O) groups is 4. The molecule has 1 aromatic heterocycles. The highest BCUT2D eigenvalue weighted by Crippen LogP contribution is 2.28. The van der Waals surface area contributed by atoms with E-state index in [-0.39, 0.29) is 48.8 Å². The van der Waals surface area contributed by atoms with E-state index in [9.17, 15) is 23.6 Å². The van der Waals surface area contributed by atoms with Crippen LogP contribution < -0.4 is 16.0 Å².